The van der Waals surface area contributed by atoms with Crippen molar-refractivity contribution in [3.05, 3.63) is 35.9 Å². The molecule has 0 heterocycles. The second kappa shape index (κ2) is 5.39. The van der Waals surface area contributed by atoms with Gasteiger partial charge in [0.15, 0.2) is 0 Å². The number of hydrogen-bond donors (Lipinski definition) is 3. The number of ketones is 1. The van der Waals surface area contributed by atoms with Gasteiger partial charge in [0.25, 0.3) is 5.91 Å². The lowest BCUT2D eigenvalue weighted by Crippen LogP contribution is -2.39. The maximum absolute atomic E-state index is 11.3. The van der Waals surface area contributed by atoms with Crippen molar-refractivity contribution in [2.75, 3.05) is 0 Å². The van der Waals surface area contributed by atoms with Crippen LogP contribution in [-0.4, -0.2) is 16.9 Å². The Hall–Kier alpha value is -1.72. The number of nitrogens with two attached hydrogens (primary N) is 1. The zero-order valence-corrected chi connectivity index (χ0v) is 8.88. The molecule has 0 saturated heterocycles. The van der Waals surface area contributed by atoms with Gasteiger partial charge in [-0.05, 0) is 12.5 Å². The molecule has 0 aliphatic rings. The Bertz CT molecular complexity index is 378. The molecule has 0 bridgehead atoms. The van der Waals surface area contributed by atoms with Crippen LogP contribution in [0.2, 0.25) is 0 Å². The largest absolute Gasteiger partial charge is 0.323 e. The molecular weight excluding hydrogens is 208 g/mol. The van der Waals surface area contributed by atoms with Crippen molar-refractivity contribution in [2.45, 2.75) is 13.0 Å². The highest BCUT2D eigenvalue weighted by atomic mass is 16.5. The summed E-state index contributed by atoms with van der Waals surface area (Å²) in [6.45, 7) is 1.27. The average Bonchev–Trinajstić information content (AvgIpc) is 2.29. The predicted octanol–water partition coefficient (Wildman–Crippen LogP) is 0.397. The molecule has 2 atom stereocenters. The van der Waals surface area contributed by atoms with Gasteiger partial charge in [0.1, 0.15) is 11.7 Å². The third-order valence-corrected chi connectivity index (χ3v) is 2.37. The van der Waals surface area contributed by atoms with Crippen LogP contribution in [0, 0.1) is 5.92 Å². The molecule has 0 radical (unpaired) electrons. The fraction of sp³-hybridized carbons (Fsp3) is 0.273. The van der Waals surface area contributed by atoms with E-state index >= 15 is 0 Å². The minimum atomic E-state index is -1.08. The van der Waals surface area contributed by atoms with E-state index in [1.807, 2.05) is 6.07 Å². The molecule has 0 fully saturated rings. The van der Waals surface area contributed by atoms with E-state index in [0.29, 0.717) is 5.56 Å². The van der Waals surface area contributed by atoms with Gasteiger partial charge in [-0.3, -0.25) is 14.8 Å². The van der Waals surface area contributed by atoms with Crippen molar-refractivity contribution in [1.29, 1.82) is 0 Å². The Morgan fingerprint density at radius 3 is 2.31 bits per heavy atom. The first kappa shape index (κ1) is 12.4. The first-order chi connectivity index (χ1) is 7.57. The molecule has 0 aliphatic carbocycles. The van der Waals surface area contributed by atoms with Crippen LogP contribution in [0.1, 0.15) is 18.5 Å². The molecule has 5 heteroatoms. The number of amides is 1. The van der Waals surface area contributed by atoms with Crippen LogP contribution in [0.3, 0.4) is 0 Å². The molecular formula is C11H14N2O3. The van der Waals surface area contributed by atoms with Crippen LogP contribution >= 0.6 is 0 Å². The van der Waals surface area contributed by atoms with Gasteiger partial charge in [0, 0.05) is 6.04 Å². The minimum absolute atomic E-state index is 0.386. The standard InChI is InChI=1S/C11H14N2O3/c1-7(14)9(11(15)13-16)10(12)8-5-3-2-4-6-8/h2-6,9-10,16H,12H2,1H3,(H,13,15). The van der Waals surface area contributed by atoms with Crippen LogP contribution in [0.4, 0.5) is 0 Å². The van der Waals surface area contributed by atoms with Crippen molar-refractivity contribution >= 4 is 11.7 Å². The number of carbonyl (C=O) groups excluding carboxylic acids is 2. The molecule has 0 aliphatic heterocycles. The molecule has 1 amide bonds. The predicted molar refractivity (Wildman–Crippen MR) is 57.5 cm³/mol. The number of Topliss-reactive ketones (excluding diaryl/α,β-unsaturated/α-hetero) is 1. The summed E-state index contributed by atoms with van der Waals surface area (Å²) in [6, 6.07) is 8.04. The van der Waals surface area contributed by atoms with Crippen LogP contribution in [0.15, 0.2) is 30.3 Å². The highest BCUT2D eigenvalue weighted by molar-refractivity contribution is 6.00. The molecule has 0 saturated carbocycles. The Morgan fingerprint density at radius 1 is 1.31 bits per heavy atom. The second-order valence-corrected chi connectivity index (χ2v) is 3.50. The van der Waals surface area contributed by atoms with Crippen LogP contribution in [0.25, 0.3) is 0 Å². The first-order valence-corrected chi connectivity index (χ1v) is 4.83. The minimum Gasteiger partial charge on any atom is -0.323 e. The number of rotatable bonds is 4. The zero-order chi connectivity index (χ0) is 12.1. The van der Waals surface area contributed by atoms with Crippen LogP contribution < -0.4 is 11.2 Å². The van der Waals surface area contributed by atoms with Gasteiger partial charge in [-0.25, -0.2) is 5.48 Å². The van der Waals surface area contributed by atoms with E-state index < -0.39 is 17.9 Å². The topological polar surface area (TPSA) is 92.4 Å². The second-order valence-electron chi connectivity index (χ2n) is 3.50. The van der Waals surface area contributed by atoms with Gasteiger partial charge in [-0.2, -0.15) is 0 Å². The van der Waals surface area contributed by atoms with E-state index in [1.54, 1.807) is 24.3 Å². The maximum Gasteiger partial charge on any atom is 0.255 e. The van der Waals surface area contributed by atoms with Gasteiger partial charge in [0.2, 0.25) is 0 Å². The number of benzene rings is 1. The number of hydrogen-bond acceptors (Lipinski definition) is 4. The molecule has 2 unspecified atom stereocenters. The number of hydroxylamine groups is 1. The van der Waals surface area contributed by atoms with Crippen LogP contribution in [0.5, 0.6) is 0 Å². The summed E-state index contributed by atoms with van der Waals surface area (Å²) >= 11 is 0. The molecule has 5 nitrogen and oxygen atoms in total. The van der Waals surface area contributed by atoms with E-state index in [9.17, 15) is 9.59 Å². The van der Waals surface area contributed by atoms with Crippen molar-refractivity contribution in [1.82, 2.24) is 5.48 Å². The van der Waals surface area contributed by atoms with Gasteiger partial charge in [-0.15, -0.1) is 0 Å². The number of nitrogens with one attached hydrogen (secondary N) is 1. The van der Waals surface area contributed by atoms with Gasteiger partial charge >= 0.3 is 0 Å². The molecule has 4 N–H and O–H groups in total. The SMILES string of the molecule is CC(=O)C(C(=O)NO)C(N)c1ccccc1. The van der Waals surface area contributed by atoms with Crippen molar-refractivity contribution in [3.8, 4) is 0 Å². The maximum atomic E-state index is 11.3. The quantitative estimate of drug-likeness (QED) is 0.390. The van der Waals surface area contributed by atoms with Gasteiger partial charge in [0.05, 0.1) is 0 Å². The summed E-state index contributed by atoms with van der Waals surface area (Å²) in [5, 5.41) is 8.54. The van der Waals surface area contributed by atoms with E-state index in [0.717, 1.165) is 0 Å². The Kier molecular flexibility index (Phi) is 4.16. The molecule has 16 heavy (non-hydrogen) atoms. The molecule has 1 aromatic carbocycles. The van der Waals surface area contributed by atoms with Gasteiger partial charge in [-0.1, -0.05) is 30.3 Å². The Morgan fingerprint density at radius 2 is 1.88 bits per heavy atom. The molecule has 1 aromatic rings. The summed E-state index contributed by atoms with van der Waals surface area (Å²) in [4.78, 5) is 22.6. The number of carbonyl (C=O) groups is 2. The third kappa shape index (κ3) is 2.65. The fourth-order valence-corrected chi connectivity index (χ4v) is 1.54. The zero-order valence-electron chi connectivity index (χ0n) is 8.88. The van der Waals surface area contributed by atoms with Gasteiger partial charge < -0.3 is 5.73 Å². The summed E-state index contributed by atoms with van der Waals surface area (Å²) < 4.78 is 0. The lowest BCUT2D eigenvalue weighted by Gasteiger charge is -2.19. The molecule has 0 aromatic heterocycles. The normalized spacial score (nSPS) is 13.9. The average molecular weight is 222 g/mol. The Balaban J connectivity index is 2.96. The van der Waals surface area contributed by atoms with Crippen molar-refractivity contribution in [2.24, 2.45) is 11.7 Å². The van der Waals surface area contributed by atoms with Crippen molar-refractivity contribution < 1.29 is 14.8 Å². The van der Waals surface area contributed by atoms with E-state index in [-0.39, 0.29) is 5.78 Å². The summed E-state index contributed by atoms with van der Waals surface area (Å²) in [7, 11) is 0. The first-order valence-electron chi connectivity index (χ1n) is 4.83. The molecule has 86 valence electrons. The summed E-state index contributed by atoms with van der Waals surface area (Å²) in [6.07, 6.45) is 0. The monoisotopic (exact) mass is 222 g/mol. The summed E-state index contributed by atoms with van der Waals surface area (Å²) in [5.74, 6) is -2.25. The third-order valence-electron chi connectivity index (χ3n) is 2.37. The van der Waals surface area contributed by atoms with E-state index in [4.69, 9.17) is 10.9 Å². The van der Waals surface area contributed by atoms with Crippen molar-refractivity contribution in [3.63, 3.8) is 0 Å². The lowest BCUT2D eigenvalue weighted by atomic mass is 9.90. The smallest absolute Gasteiger partial charge is 0.255 e. The summed E-state index contributed by atoms with van der Waals surface area (Å²) in [5.41, 5.74) is 7.95. The fourth-order valence-electron chi connectivity index (χ4n) is 1.54. The highest BCUT2D eigenvalue weighted by Crippen LogP contribution is 2.20. The molecule has 0 spiro atoms. The Labute approximate surface area is 93.2 Å². The van der Waals surface area contributed by atoms with E-state index in [2.05, 4.69) is 0 Å². The van der Waals surface area contributed by atoms with E-state index in [1.165, 1.54) is 12.4 Å². The highest BCUT2D eigenvalue weighted by Gasteiger charge is 2.30. The molecule has 1 rings (SSSR count). The lowest BCUT2D eigenvalue weighted by molar-refractivity contribution is -0.139. The van der Waals surface area contributed by atoms with Crippen LogP contribution in [-0.2, 0) is 9.59 Å².